The lowest BCUT2D eigenvalue weighted by atomic mass is 9.12. The molecule has 0 saturated heterocycles. The summed E-state index contributed by atoms with van der Waals surface area (Å²) in [4.78, 5) is 1.59. The fraction of sp³-hybridized carbons (Fsp3) is 0.446. The summed E-state index contributed by atoms with van der Waals surface area (Å²) < 4.78 is 442. The highest BCUT2D eigenvalue weighted by atomic mass is 19.2. The molecule has 0 spiro atoms. The summed E-state index contributed by atoms with van der Waals surface area (Å²) in [6.45, 7) is 5.89. The molecule has 113 heavy (non-hydrogen) atoms. The molecule has 618 valence electrons. The third-order valence-corrected chi connectivity index (χ3v) is 21.4. The summed E-state index contributed by atoms with van der Waals surface area (Å²) >= 11 is 0. The third-order valence-electron chi connectivity index (χ3n) is 21.4. The van der Waals surface area contributed by atoms with E-state index in [2.05, 4.69) is 45.2 Å². The molecule has 9 aromatic carbocycles. The van der Waals surface area contributed by atoms with Gasteiger partial charge in [-0.2, -0.15) is 0 Å². The Hall–Kier alpha value is -7.92. The van der Waals surface area contributed by atoms with E-state index in [0.717, 1.165) is 0 Å². The zero-order valence-corrected chi connectivity index (χ0v) is 62.0. The van der Waals surface area contributed by atoms with Gasteiger partial charge in [0.15, 0.2) is 116 Å². The topological polar surface area (TPSA) is 4.44 Å². The van der Waals surface area contributed by atoms with Crippen molar-refractivity contribution in [1.82, 2.24) is 0 Å². The van der Waals surface area contributed by atoms with Crippen LogP contribution < -0.4 is 26.8 Å². The van der Waals surface area contributed by atoms with Gasteiger partial charge in [-0.05, 0) is 43.4 Å². The molecule has 30 heteroatoms. The fourth-order valence-electron chi connectivity index (χ4n) is 15.3. The van der Waals surface area contributed by atoms with Gasteiger partial charge in [-0.1, -0.05) is 212 Å². The number of aryl methyl sites for hydroxylation is 1. The Morgan fingerprint density at radius 3 is 0.566 bits per heavy atom. The summed E-state index contributed by atoms with van der Waals surface area (Å²) in [7, 11) is 2.36. The summed E-state index contributed by atoms with van der Waals surface area (Å²) in [5.41, 5.74) is -12.9. The first-order valence-electron chi connectivity index (χ1n) is 38.1. The second-order valence-electron chi connectivity index (χ2n) is 28.9. The van der Waals surface area contributed by atoms with Crippen LogP contribution in [-0.4, -0.2) is 19.7 Å². The first kappa shape index (κ1) is 90.6. The smallest absolute Gasteiger partial charge is 0.198 e. The van der Waals surface area contributed by atoms with Crippen molar-refractivity contribution in [3.05, 3.63) is 193 Å². The van der Waals surface area contributed by atoms with Crippen molar-refractivity contribution < 1.29 is 128 Å². The van der Waals surface area contributed by atoms with Gasteiger partial charge in [-0.15, -0.1) is 21.9 Å². The largest absolute Gasteiger partial charge is 0.305 e. The number of halogens is 28. The van der Waals surface area contributed by atoms with E-state index in [-0.39, 0.29) is 0 Å². The Morgan fingerprint density at radius 2 is 0.363 bits per heavy atom. The highest BCUT2D eigenvalue weighted by Gasteiger charge is 2.53. The summed E-state index contributed by atoms with van der Waals surface area (Å²) in [5, 5.41) is -25.0. The quantitative estimate of drug-likeness (QED) is 0.0129. The van der Waals surface area contributed by atoms with E-state index in [9.17, 15) is 35.1 Å². The molecule has 0 radical (unpaired) electrons. The normalized spacial score (nSPS) is 12.3. The molecule has 9 aromatic rings. The van der Waals surface area contributed by atoms with Crippen LogP contribution in [0.4, 0.5) is 129 Å². The lowest BCUT2D eigenvalue weighted by Gasteiger charge is -2.45. The molecule has 1 unspecified atom stereocenters. The standard InChI is InChI=1S/C43H81N.C40BF28/c1-4-6-8-10-12-14-16-18-20-22-24-26-28-30-32-34-36-42-37-39-43(40-38-42)44(3)41-35-33-31-29-27-25-23-21-19-17-15-13-11-9-7-5-2;42-13-1-5(25(54)37(66)33(62)21(1)50)17(46)29(58)9(13)41(10-14(43)2-6(18(47)30(10)59)26(55)38(67)34(63)22(2)51,11-15(44)3-7(19(48)31(11)60)27(56)39(68)35(64)23(3)52)12-16(45)4-8(20(49)32(12)61)28(57)40(69)36(65)24(4)53/h37-40H,4-36,41H2,1-3H3;/q;-1/p+1. The summed E-state index contributed by atoms with van der Waals surface area (Å²) in [6, 6.07) is 9.59. The van der Waals surface area contributed by atoms with Crippen molar-refractivity contribution in [3.8, 4) is 0 Å². The van der Waals surface area contributed by atoms with Crippen LogP contribution in [0.3, 0.4) is 0 Å². The van der Waals surface area contributed by atoms with E-state index >= 15 is 87.8 Å². The van der Waals surface area contributed by atoms with Gasteiger partial charge in [-0.25, -0.2) is 123 Å². The SMILES string of the molecule is CCCCCCCCCCCCCCCCCCc1ccc([NH+](C)CCCCCCCCCCCCCCCCCC)cc1.Fc1c(F)c(F)c2c(F)c([B-](c3c(F)c(F)c4c(F)c(F)c(F)c(F)c4c3F)(c3c(F)c(F)c4c(F)c(F)c(F)c(F)c4c3F)c3c(F)c(F)c4c(F)c(F)c(F)c(F)c4c3F)c(F)c(F)c2c1F. The number of fused-ring (bicyclic) bond motifs is 4. The molecular formula is C83H82BF28N. The van der Waals surface area contributed by atoms with Crippen molar-refractivity contribution in [2.24, 2.45) is 0 Å². The van der Waals surface area contributed by atoms with Crippen LogP contribution in [0.5, 0.6) is 0 Å². The molecule has 0 heterocycles. The molecule has 0 aliphatic carbocycles. The van der Waals surface area contributed by atoms with Crippen molar-refractivity contribution in [2.45, 2.75) is 226 Å². The molecule has 1 N–H and O–H groups in total. The van der Waals surface area contributed by atoms with E-state index in [4.69, 9.17) is 0 Å². The summed E-state index contributed by atoms with van der Waals surface area (Å²) in [6.07, 6.45) is 39.6. The monoisotopic (exact) mass is 1640 g/mol. The Labute approximate surface area is 634 Å². The van der Waals surface area contributed by atoms with Gasteiger partial charge in [-0.3, -0.25) is 0 Å². The first-order chi connectivity index (χ1) is 53.8. The number of rotatable bonds is 39. The van der Waals surface area contributed by atoms with Crippen LogP contribution in [0.25, 0.3) is 43.1 Å². The van der Waals surface area contributed by atoms with Crippen molar-refractivity contribution in [1.29, 1.82) is 0 Å². The molecule has 0 amide bonds. The zero-order chi connectivity index (χ0) is 83.2. The number of hydrogen-bond acceptors (Lipinski definition) is 0. The van der Waals surface area contributed by atoms with Crippen LogP contribution in [0.2, 0.25) is 0 Å². The Kier molecular flexibility index (Phi) is 32.5. The minimum atomic E-state index is -7.99. The summed E-state index contributed by atoms with van der Waals surface area (Å²) in [5.74, 6) is -102. The number of benzene rings is 9. The maximum absolute atomic E-state index is 17.4. The number of unbranched alkanes of at least 4 members (excludes halogenated alkanes) is 30. The second-order valence-corrected chi connectivity index (χ2v) is 28.9. The Bertz CT molecular complexity index is 4400. The minimum Gasteiger partial charge on any atom is -0.305 e. The van der Waals surface area contributed by atoms with Gasteiger partial charge in [0, 0.05) is 0 Å². The van der Waals surface area contributed by atoms with E-state index in [1.807, 2.05) is 0 Å². The van der Waals surface area contributed by atoms with Gasteiger partial charge >= 0.3 is 0 Å². The van der Waals surface area contributed by atoms with Crippen molar-refractivity contribution >= 4 is 76.8 Å². The molecule has 1 atom stereocenters. The lowest BCUT2D eigenvalue weighted by Crippen LogP contribution is -3.03. The fourth-order valence-corrected chi connectivity index (χ4v) is 15.3. The Morgan fingerprint density at radius 1 is 0.195 bits per heavy atom. The predicted molar refractivity (Wildman–Crippen MR) is 380 cm³/mol. The molecule has 0 aliphatic heterocycles. The van der Waals surface area contributed by atoms with Gasteiger partial charge in [0.05, 0.1) is 56.7 Å². The van der Waals surface area contributed by atoms with Crippen LogP contribution in [-0.2, 0) is 6.42 Å². The van der Waals surface area contributed by atoms with E-state index in [1.165, 1.54) is 230 Å². The minimum absolute atomic E-state index is 1.26. The average molecular weight is 1640 g/mol. The first-order valence-corrected chi connectivity index (χ1v) is 38.1. The van der Waals surface area contributed by atoms with Gasteiger partial charge < -0.3 is 4.90 Å². The number of quaternary nitrogens is 1. The third kappa shape index (κ3) is 18.5. The van der Waals surface area contributed by atoms with Crippen LogP contribution >= 0.6 is 0 Å². The average Bonchev–Trinajstić information content (AvgIpc) is 0.668. The maximum Gasteiger partial charge on any atom is 0.198 e. The molecule has 0 bridgehead atoms. The van der Waals surface area contributed by atoms with Gasteiger partial charge in [0.1, 0.15) is 58.4 Å². The lowest BCUT2D eigenvalue weighted by molar-refractivity contribution is -0.810. The molecular weight excluding hydrogens is 1550 g/mol. The predicted octanol–water partition coefficient (Wildman–Crippen LogP) is 25.5. The maximum atomic E-state index is 17.4. The molecule has 1 nitrogen and oxygen atoms in total. The van der Waals surface area contributed by atoms with E-state index in [0.29, 0.717) is 0 Å². The molecule has 0 aromatic heterocycles. The van der Waals surface area contributed by atoms with Crippen LogP contribution in [0.1, 0.15) is 225 Å². The van der Waals surface area contributed by atoms with Gasteiger partial charge in [0.2, 0.25) is 0 Å². The number of nitrogens with one attached hydrogen (secondary N) is 1. The molecule has 0 saturated carbocycles. The van der Waals surface area contributed by atoms with Crippen LogP contribution in [0.15, 0.2) is 24.3 Å². The molecule has 9 rings (SSSR count). The molecule has 0 aliphatic rings. The highest BCUT2D eigenvalue weighted by Crippen LogP contribution is 2.42. The van der Waals surface area contributed by atoms with E-state index < -0.39 is 234 Å². The number of hydrogen-bond donors (Lipinski definition) is 1. The van der Waals surface area contributed by atoms with Crippen molar-refractivity contribution in [2.75, 3.05) is 13.6 Å². The van der Waals surface area contributed by atoms with Gasteiger partial charge in [0.25, 0.3) is 0 Å². The second kappa shape index (κ2) is 40.6. The van der Waals surface area contributed by atoms with E-state index in [1.54, 1.807) is 4.90 Å². The van der Waals surface area contributed by atoms with Crippen LogP contribution in [0, 0.1) is 163 Å². The van der Waals surface area contributed by atoms with Crippen molar-refractivity contribution in [3.63, 3.8) is 0 Å². The highest BCUT2D eigenvalue weighted by molar-refractivity contribution is 7.20. The molecule has 0 fully saturated rings. The Balaban J connectivity index is 0.000000315. The zero-order valence-electron chi connectivity index (χ0n) is 62.0.